The molecule has 0 spiro atoms. The number of hydrogen-bond acceptors (Lipinski definition) is 7. The molecule has 25 heavy (non-hydrogen) atoms. The van der Waals surface area contributed by atoms with Gasteiger partial charge in [-0.1, -0.05) is 36.0 Å². The van der Waals surface area contributed by atoms with Gasteiger partial charge in [0.1, 0.15) is 6.61 Å². The number of hydrogen-bond donors (Lipinski definition) is 1. The summed E-state index contributed by atoms with van der Waals surface area (Å²) in [6.45, 7) is 5.60. The van der Waals surface area contributed by atoms with Crippen LogP contribution in [0.25, 0.3) is 0 Å². The second-order valence-electron chi connectivity index (χ2n) is 5.17. The van der Waals surface area contributed by atoms with Crippen LogP contribution in [-0.2, 0) is 13.6 Å². The number of methoxy groups -OCH3 is 1. The number of halogens is 1. The number of nitrogens with zero attached hydrogens (tertiary/aromatic N) is 4. The predicted molar refractivity (Wildman–Crippen MR) is 99.5 cm³/mol. The van der Waals surface area contributed by atoms with Crippen LogP contribution in [0.2, 0.25) is 5.02 Å². The van der Waals surface area contributed by atoms with Gasteiger partial charge in [-0.15, -0.1) is 5.10 Å². The molecular formula is C16H22ClN5O2S. The molecule has 2 rings (SSSR count). The van der Waals surface area contributed by atoms with Crippen LogP contribution >= 0.6 is 23.4 Å². The van der Waals surface area contributed by atoms with Gasteiger partial charge in [0.15, 0.2) is 11.5 Å². The van der Waals surface area contributed by atoms with E-state index in [9.17, 15) is 0 Å². The Morgan fingerprint density at radius 1 is 1.44 bits per heavy atom. The van der Waals surface area contributed by atoms with Crippen molar-refractivity contribution in [3.05, 3.63) is 35.4 Å². The lowest BCUT2D eigenvalue weighted by atomic mass is 10.2. The molecule has 7 nitrogen and oxygen atoms in total. The minimum Gasteiger partial charge on any atom is -0.493 e. The zero-order chi connectivity index (χ0) is 18.1. The van der Waals surface area contributed by atoms with Gasteiger partial charge in [0, 0.05) is 19.3 Å². The molecule has 0 unspecified atom stereocenters. The highest BCUT2D eigenvalue weighted by atomic mass is 35.5. The predicted octanol–water partition coefficient (Wildman–Crippen LogP) is 2.71. The van der Waals surface area contributed by atoms with Crippen LogP contribution in [0.4, 0.5) is 0 Å². The molecule has 0 bridgehead atoms. The van der Waals surface area contributed by atoms with Crippen molar-refractivity contribution in [2.24, 2.45) is 7.05 Å². The van der Waals surface area contributed by atoms with Crippen LogP contribution in [0, 0.1) is 0 Å². The summed E-state index contributed by atoms with van der Waals surface area (Å²) in [5.41, 5.74) is 1.04. The number of ether oxygens (including phenoxy) is 2. The number of tetrazole rings is 1. The molecule has 0 aliphatic carbocycles. The van der Waals surface area contributed by atoms with Gasteiger partial charge in [0.05, 0.1) is 12.1 Å². The Labute approximate surface area is 156 Å². The second-order valence-corrected chi connectivity index (χ2v) is 6.64. The highest BCUT2D eigenvalue weighted by molar-refractivity contribution is 7.99. The summed E-state index contributed by atoms with van der Waals surface area (Å²) in [5, 5.41) is 16.1. The Kier molecular flexibility index (Phi) is 8.03. The number of nitrogens with one attached hydrogen (secondary N) is 1. The van der Waals surface area contributed by atoms with E-state index in [1.165, 1.54) is 0 Å². The van der Waals surface area contributed by atoms with Crippen molar-refractivity contribution < 1.29 is 9.47 Å². The van der Waals surface area contributed by atoms with Crippen molar-refractivity contribution >= 4 is 23.4 Å². The Balaban J connectivity index is 1.77. The molecule has 0 aliphatic heterocycles. The normalized spacial score (nSPS) is 10.7. The molecule has 0 aliphatic rings. The third kappa shape index (κ3) is 5.91. The van der Waals surface area contributed by atoms with Crippen molar-refractivity contribution in [2.45, 2.75) is 18.1 Å². The summed E-state index contributed by atoms with van der Waals surface area (Å²) in [4.78, 5) is 0. The van der Waals surface area contributed by atoms with E-state index in [0.717, 1.165) is 29.4 Å². The quantitative estimate of drug-likeness (QED) is 0.363. The zero-order valence-corrected chi connectivity index (χ0v) is 15.9. The van der Waals surface area contributed by atoms with E-state index in [2.05, 4.69) is 27.4 Å². The lowest BCUT2D eigenvalue weighted by Gasteiger charge is -2.13. The van der Waals surface area contributed by atoms with Gasteiger partial charge in [-0.3, -0.25) is 0 Å². The SMILES string of the molecule is C=CCOc1c(Cl)cc(CNCCCSc2nnnn2C)cc1OC. The lowest BCUT2D eigenvalue weighted by Crippen LogP contribution is -2.15. The standard InChI is InChI=1S/C16H22ClN5O2S/c1-4-7-24-15-13(17)9-12(10-14(15)23-3)11-18-6-5-8-25-16-19-20-21-22(16)2/h4,9-10,18H,1,5-8,11H2,2-3H3. The first-order valence-corrected chi connectivity index (χ1v) is 9.18. The molecule has 1 N–H and O–H groups in total. The molecule has 2 aromatic rings. The average molecular weight is 384 g/mol. The van der Waals surface area contributed by atoms with Crippen LogP contribution in [0.15, 0.2) is 29.9 Å². The molecule has 0 saturated carbocycles. The zero-order valence-electron chi connectivity index (χ0n) is 14.4. The Morgan fingerprint density at radius 2 is 2.28 bits per heavy atom. The maximum atomic E-state index is 6.29. The Bertz CT molecular complexity index is 695. The number of benzene rings is 1. The number of rotatable bonds is 11. The van der Waals surface area contributed by atoms with Crippen molar-refractivity contribution in [1.29, 1.82) is 0 Å². The maximum Gasteiger partial charge on any atom is 0.209 e. The maximum absolute atomic E-state index is 6.29. The fraction of sp³-hybridized carbons (Fsp3) is 0.438. The number of aryl methyl sites for hydroxylation is 1. The number of aromatic nitrogens is 4. The first kappa shape index (κ1) is 19.6. The van der Waals surface area contributed by atoms with Crippen molar-refractivity contribution in [3.63, 3.8) is 0 Å². The monoisotopic (exact) mass is 383 g/mol. The van der Waals surface area contributed by atoms with Gasteiger partial charge in [-0.25, -0.2) is 4.68 Å². The van der Waals surface area contributed by atoms with Gasteiger partial charge in [-0.05, 0) is 41.1 Å². The van der Waals surface area contributed by atoms with E-state index in [1.807, 2.05) is 19.2 Å². The van der Waals surface area contributed by atoms with Gasteiger partial charge < -0.3 is 14.8 Å². The smallest absolute Gasteiger partial charge is 0.209 e. The lowest BCUT2D eigenvalue weighted by molar-refractivity contribution is 0.326. The van der Waals surface area contributed by atoms with Crippen molar-refractivity contribution in [2.75, 3.05) is 26.0 Å². The van der Waals surface area contributed by atoms with Gasteiger partial charge in [0.25, 0.3) is 0 Å². The molecule has 0 fully saturated rings. The third-order valence-electron chi connectivity index (χ3n) is 3.27. The fourth-order valence-corrected chi connectivity index (χ4v) is 3.17. The van der Waals surface area contributed by atoms with Crippen LogP contribution in [0.1, 0.15) is 12.0 Å². The Morgan fingerprint density at radius 3 is 2.96 bits per heavy atom. The molecule has 1 aromatic heterocycles. The molecular weight excluding hydrogens is 362 g/mol. The van der Waals surface area contributed by atoms with Crippen LogP contribution in [-0.4, -0.2) is 46.2 Å². The number of thioether (sulfide) groups is 1. The van der Waals surface area contributed by atoms with E-state index in [0.29, 0.717) is 29.7 Å². The van der Waals surface area contributed by atoms with Crippen LogP contribution in [0.3, 0.4) is 0 Å². The third-order valence-corrected chi connectivity index (χ3v) is 4.65. The summed E-state index contributed by atoms with van der Waals surface area (Å²) >= 11 is 7.93. The van der Waals surface area contributed by atoms with Gasteiger partial charge >= 0.3 is 0 Å². The Hall–Kier alpha value is -1.77. The minimum atomic E-state index is 0.381. The van der Waals surface area contributed by atoms with Crippen LogP contribution in [0.5, 0.6) is 11.5 Å². The molecule has 0 atom stereocenters. The first-order valence-electron chi connectivity index (χ1n) is 7.81. The molecule has 9 heteroatoms. The van der Waals surface area contributed by atoms with E-state index >= 15 is 0 Å². The topological polar surface area (TPSA) is 74.1 Å². The van der Waals surface area contributed by atoms with E-state index in [4.69, 9.17) is 21.1 Å². The van der Waals surface area contributed by atoms with Crippen molar-refractivity contribution in [1.82, 2.24) is 25.5 Å². The molecule has 1 heterocycles. The summed E-state index contributed by atoms with van der Waals surface area (Å²) in [6.07, 6.45) is 2.67. The van der Waals surface area contributed by atoms with Crippen LogP contribution < -0.4 is 14.8 Å². The summed E-state index contributed by atoms with van der Waals surface area (Å²) in [6, 6.07) is 3.81. The summed E-state index contributed by atoms with van der Waals surface area (Å²) < 4.78 is 12.6. The molecule has 0 saturated heterocycles. The fourth-order valence-electron chi connectivity index (χ4n) is 2.09. The van der Waals surface area contributed by atoms with Gasteiger partial charge in [0.2, 0.25) is 5.16 Å². The molecule has 0 radical (unpaired) electrons. The van der Waals surface area contributed by atoms with Crippen molar-refractivity contribution in [3.8, 4) is 11.5 Å². The summed E-state index contributed by atoms with van der Waals surface area (Å²) in [5.74, 6) is 2.11. The average Bonchev–Trinajstić information content (AvgIpc) is 3.01. The highest BCUT2D eigenvalue weighted by Gasteiger charge is 2.11. The molecule has 0 amide bonds. The minimum absolute atomic E-state index is 0.381. The second kappa shape index (κ2) is 10.3. The van der Waals surface area contributed by atoms with E-state index in [-0.39, 0.29) is 0 Å². The van der Waals surface area contributed by atoms with Gasteiger partial charge in [-0.2, -0.15) is 0 Å². The van der Waals surface area contributed by atoms with E-state index < -0.39 is 0 Å². The molecule has 1 aromatic carbocycles. The van der Waals surface area contributed by atoms with E-state index in [1.54, 1.807) is 29.6 Å². The first-order chi connectivity index (χ1) is 12.2. The largest absolute Gasteiger partial charge is 0.493 e. The molecule has 136 valence electrons. The summed E-state index contributed by atoms with van der Waals surface area (Å²) in [7, 11) is 3.43. The highest BCUT2D eigenvalue weighted by Crippen LogP contribution is 2.36.